The second kappa shape index (κ2) is 6.08. The van der Waals surface area contributed by atoms with Crippen molar-refractivity contribution >= 4 is 27.5 Å². The molecule has 19 heavy (non-hydrogen) atoms. The second-order valence-corrected chi connectivity index (χ2v) is 6.18. The molecule has 0 spiro atoms. The van der Waals surface area contributed by atoms with Gasteiger partial charge in [-0.2, -0.15) is 0 Å². The van der Waals surface area contributed by atoms with Crippen LogP contribution in [0, 0.1) is 5.82 Å². The Morgan fingerprint density at radius 1 is 1.47 bits per heavy atom. The molecule has 1 aliphatic carbocycles. The molecule has 0 aliphatic heterocycles. The van der Waals surface area contributed by atoms with E-state index in [4.69, 9.17) is 22.1 Å². The van der Waals surface area contributed by atoms with Crippen LogP contribution in [0.5, 0.6) is 0 Å². The van der Waals surface area contributed by atoms with E-state index in [1.165, 1.54) is 0 Å². The van der Waals surface area contributed by atoms with Crippen molar-refractivity contribution in [3.63, 3.8) is 0 Å². The zero-order valence-electron chi connectivity index (χ0n) is 10.9. The van der Waals surface area contributed by atoms with Gasteiger partial charge in [-0.3, -0.25) is 0 Å². The predicted molar refractivity (Wildman–Crippen MR) is 78.9 cm³/mol. The molecular formula is C14H18BrClFNO. The van der Waals surface area contributed by atoms with Crippen LogP contribution in [0.4, 0.5) is 4.39 Å². The van der Waals surface area contributed by atoms with Crippen LogP contribution in [0.15, 0.2) is 16.6 Å². The number of ether oxygens (including phenoxy) is 1. The molecule has 2 N–H and O–H groups in total. The molecule has 1 aromatic rings. The normalized spacial score (nSPS) is 19.6. The highest BCUT2D eigenvalue weighted by Crippen LogP contribution is 2.43. The van der Waals surface area contributed by atoms with Crippen LogP contribution in [0.25, 0.3) is 0 Å². The van der Waals surface area contributed by atoms with Gasteiger partial charge in [0.25, 0.3) is 0 Å². The first kappa shape index (κ1) is 15.2. The Hall–Kier alpha value is -0.160. The van der Waals surface area contributed by atoms with Crippen molar-refractivity contribution in [1.82, 2.24) is 0 Å². The molecule has 0 heterocycles. The molecule has 0 amide bonds. The maximum absolute atomic E-state index is 14.3. The van der Waals surface area contributed by atoms with Gasteiger partial charge in [0.05, 0.1) is 16.7 Å². The van der Waals surface area contributed by atoms with E-state index in [1.807, 2.05) is 6.92 Å². The van der Waals surface area contributed by atoms with E-state index in [-0.39, 0.29) is 5.02 Å². The van der Waals surface area contributed by atoms with Gasteiger partial charge in [-0.25, -0.2) is 4.39 Å². The summed E-state index contributed by atoms with van der Waals surface area (Å²) in [6, 6.07) is 2.94. The van der Waals surface area contributed by atoms with Gasteiger partial charge in [-0.05, 0) is 41.8 Å². The van der Waals surface area contributed by atoms with Crippen LogP contribution in [0.1, 0.15) is 44.2 Å². The van der Waals surface area contributed by atoms with Crippen LogP contribution in [0.2, 0.25) is 5.02 Å². The Morgan fingerprint density at radius 3 is 2.68 bits per heavy atom. The number of benzene rings is 1. The van der Waals surface area contributed by atoms with E-state index < -0.39 is 17.5 Å². The first-order valence-electron chi connectivity index (χ1n) is 6.55. The fraction of sp³-hybridized carbons (Fsp3) is 0.571. The van der Waals surface area contributed by atoms with Crippen LogP contribution in [-0.2, 0) is 4.74 Å². The standard InChI is InChI=1S/C14H18BrClFNO/c1-2-19-14(7-3-4-8-14)13(18)9-5-6-10(15)11(16)12(9)17/h5-6,13H,2-4,7-8,18H2,1H3. The number of hydrogen-bond acceptors (Lipinski definition) is 2. The molecule has 0 aromatic heterocycles. The zero-order chi connectivity index (χ0) is 14.0. The number of rotatable bonds is 4. The third kappa shape index (κ3) is 2.82. The highest BCUT2D eigenvalue weighted by molar-refractivity contribution is 9.10. The summed E-state index contributed by atoms with van der Waals surface area (Å²) in [7, 11) is 0. The maximum atomic E-state index is 14.3. The van der Waals surface area contributed by atoms with E-state index in [2.05, 4.69) is 15.9 Å². The van der Waals surface area contributed by atoms with Gasteiger partial charge in [-0.1, -0.05) is 30.5 Å². The van der Waals surface area contributed by atoms with Gasteiger partial charge in [0.1, 0.15) is 5.82 Å². The average molecular weight is 351 g/mol. The van der Waals surface area contributed by atoms with Crippen molar-refractivity contribution in [3.05, 3.63) is 33.0 Å². The van der Waals surface area contributed by atoms with Crippen LogP contribution >= 0.6 is 27.5 Å². The van der Waals surface area contributed by atoms with Crippen LogP contribution < -0.4 is 5.73 Å². The molecule has 0 saturated heterocycles. The first-order valence-corrected chi connectivity index (χ1v) is 7.72. The highest BCUT2D eigenvalue weighted by Gasteiger charge is 2.42. The lowest BCUT2D eigenvalue weighted by molar-refractivity contribution is -0.0543. The molecule has 1 aromatic carbocycles. The molecule has 1 atom stereocenters. The predicted octanol–water partition coefficient (Wildman–Crippen LogP) is 4.59. The van der Waals surface area contributed by atoms with E-state index in [1.54, 1.807) is 12.1 Å². The fourth-order valence-electron chi connectivity index (χ4n) is 2.87. The molecule has 0 bridgehead atoms. The minimum Gasteiger partial charge on any atom is -0.373 e. The Labute approximate surface area is 126 Å². The zero-order valence-corrected chi connectivity index (χ0v) is 13.2. The number of nitrogens with two attached hydrogens (primary N) is 1. The van der Waals surface area contributed by atoms with Crippen molar-refractivity contribution in [2.75, 3.05) is 6.61 Å². The van der Waals surface area contributed by atoms with Gasteiger partial charge < -0.3 is 10.5 Å². The van der Waals surface area contributed by atoms with Crippen LogP contribution in [0.3, 0.4) is 0 Å². The molecule has 2 nitrogen and oxygen atoms in total. The number of hydrogen-bond donors (Lipinski definition) is 1. The monoisotopic (exact) mass is 349 g/mol. The quantitative estimate of drug-likeness (QED) is 0.806. The van der Waals surface area contributed by atoms with Crippen LogP contribution in [-0.4, -0.2) is 12.2 Å². The largest absolute Gasteiger partial charge is 0.373 e. The Bertz CT molecular complexity index is 463. The molecule has 2 rings (SSSR count). The van der Waals surface area contributed by atoms with Gasteiger partial charge in [-0.15, -0.1) is 0 Å². The van der Waals surface area contributed by atoms with Crippen molar-refractivity contribution in [2.24, 2.45) is 5.73 Å². The Kier molecular flexibility index (Phi) is 4.88. The van der Waals surface area contributed by atoms with Crippen molar-refractivity contribution in [2.45, 2.75) is 44.2 Å². The highest BCUT2D eigenvalue weighted by atomic mass is 79.9. The van der Waals surface area contributed by atoms with E-state index >= 15 is 0 Å². The second-order valence-electron chi connectivity index (χ2n) is 4.95. The smallest absolute Gasteiger partial charge is 0.147 e. The molecule has 1 fully saturated rings. The maximum Gasteiger partial charge on any atom is 0.147 e. The lowest BCUT2D eigenvalue weighted by Crippen LogP contribution is -2.42. The van der Waals surface area contributed by atoms with Gasteiger partial charge in [0.2, 0.25) is 0 Å². The van der Waals surface area contributed by atoms with Crippen molar-refractivity contribution in [3.8, 4) is 0 Å². The van der Waals surface area contributed by atoms with E-state index in [0.717, 1.165) is 25.7 Å². The minimum absolute atomic E-state index is 0.0811. The SMILES string of the molecule is CCOC1(C(N)c2ccc(Br)c(Cl)c2F)CCCC1. The van der Waals surface area contributed by atoms with Gasteiger partial charge in [0.15, 0.2) is 0 Å². The van der Waals surface area contributed by atoms with Gasteiger partial charge in [0, 0.05) is 16.6 Å². The summed E-state index contributed by atoms with van der Waals surface area (Å²) in [4.78, 5) is 0. The van der Waals surface area contributed by atoms with E-state index in [0.29, 0.717) is 16.6 Å². The molecule has 1 aliphatic rings. The topological polar surface area (TPSA) is 35.2 Å². The summed E-state index contributed by atoms with van der Waals surface area (Å²) in [6.45, 7) is 2.53. The third-order valence-corrected chi connectivity index (χ3v) is 5.11. The lowest BCUT2D eigenvalue weighted by Gasteiger charge is -2.35. The molecule has 1 saturated carbocycles. The lowest BCUT2D eigenvalue weighted by atomic mass is 9.87. The van der Waals surface area contributed by atoms with Crippen molar-refractivity contribution in [1.29, 1.82) is 0 Å². The summed E-state index contributed by atoms with van der Waals surface area (Å²) in [5.41, 5.74) is 6.28. The Balaban J connectivity index is 2.37. The summed E-state index contributed by atoms with van der Waals surface area (Å²) in [5.74, 6) is -0.450. The minimum atomic E-state index is -0.486. The summed E-state index contributed by atoms with van der Waals surface area (Å²) >= 11 is 9.15. The molecule has 1 unspecified atom stereocenters. The summed E-state index contributed by atoms with van der Waals surface area (Å²) in [5, 5.41) is 0.0811. The summed E-state index contributed by atoms with van der Waals surface area (Å²) < 4.78 is 20.7. The third-order valence-electron chi connectivity index (χ3n) is 3.85. The summed E-state index contributed by atoms with van der Waals surface area (Å²) in [6.07, 6.45) is 3.88. The molecule has 106 valence electrons. The number of halogens is 3. The fourth-order valence-corrected chi connectivity index (χ4v) is 3.35. The molecule has 5 heteroatoms. The van der Waals surface area contributed by atoms with Crippen molar-refractivity contribution < 1.29 is 9.13 Å². The average Bonchev–Trinajstić information content (AvgIpc) is 2.86. The molecule has 0 radical (unpaired) electrons. The van der Waals surface area contributed by atoms with E-state index in [9.17, 15) is 4.39 Å². The Morgan fingerprint density at radius 2 is 2.11 bits per heavy atom. The van der Waals surface area contributed by atoms with Gasteiger partial charge >= 0.3 is 0 Å². The first-order chi connectivity index (χ1) is 9.02. The molecular weight excluding hydrogens is 333 g/mol.